The van der Waals surface area contributed by atoms with E-state index in [0.29, 0.717) is 17.8 Å². The van der Waals surface area contributed by atoms with E-state index in [-0.39, 0.29) is 0 Å². The highest BCUT2D eigenvalue weighted by atomic mass is 19.1. The Morgan fingerprint density at radius 2 is 1.43 bits per heavy atom. The number of halogens is 1. The molecule has 0 fully saturated rings. The molecule has 1 heteroatoms. The van der Waals surface area contributed by atoms with Gasteiger partial charge in [-0.2, -0.15) is 0 Å². The molecule has 0 amide bonds. The highest BCUT2D eigenvalue weighted by Crippen LogP contribution is 2.27. The smallest absolute Gasteiger partial charge is 0.116 e. The minimum atomic E-state index is -0.415. The van der Waals surface area contributed by atoms with Crippen LogP contribution in [0.3, 0.4) is 0 Å². The van der Waals surface area contributed by atoms with Crippen LogP contribution in [0.2, 0.25) is 0 Å². The van der Waals surface area contributed by atoms with Crippen LogP contribution < -0.4 is 0 Å². The molecular weight excluding hydrogens is 259 g/mol. The summed E-state index contributed by atoms with van der Waals surface area (Å²) in [7, 11) is 0. The van der Waals surface area contributed by atoms with E-state index in [0.717, 1.165) is 17.9 Å². The van der Waals surface area contributed by atoms with E-state index in [2.05, 4.69) is 47.4 Å². The molecule has 0 aliphatic heterocycles. The third kappa shape index (κ3) is 9.44. The second kappa shape index (κ2) is 10.6. The van der Waals surface area contributed by atoms with Crippen molar-refractivity contribution in [1.29, 1.82) is 0 Å². The molecule has 0 saturated heterocycles. The van der Waals surface area contributed by atoms with Crippen molar-refractivity contribution >= 4 is 0 Å². The molecule has 4 atom stereocenters. The lowest BCUT2D eigenvalue weighted by molar-refractivity contribution is 0.310. The fourth-order valence-electron chi connectivity index (χ4n) is 2.27. The van der Waals surface area contributed by atoms with Crippen molar-refractivity contribution in [2.45, 2.75) is 53.4 Å². The van der Waals surface area contributed by atoms with Crippen molar-refractivity contribution in [3.63, 3.8) is 0 Å². The van der Waals surface area contributed by atoms with E-state index < -0.39 is 5.83 Å². The molecule has 0 aromatic carbocycles. The number of allylic oxidation sites excluding steroid dienone is 5. The molecule has 0 spiro atoms. The third-order valence-corrected chi connectivity index (χ3v) is 4.62. The van der Waals surface area contributed by atoms with Crippen LogP contribution in [0.5, 0.6) is 0 Å². The summed E-state index contributed by atoms with van der Waals surface area (Å²) in [6.45, 7) is 20.1. The molecule has 0 heterocycles. The Kier molecular flexibility index (Phi) is 10.0. The minimum absolute atomic E-state index is 0.391. The molecule has 0 aromatic rings. The lowest BCUT2D eigenvalue weighted by atomic mass is 9.83. The molecule has 0 aromatic heterocycles. The first-order valence-electron chi connectivity index (χ1n) is 8.11. The summed E-state index contributed by atoms with van der Waals surface area (Å²) in [4.78, 5) is 0. The van der Waals surface area contributed by atoms with Crippen LogP contribution in [-0.2, 0) is 0 Å². The zero-order chi connectivity index (χ0) is 16.4. The normalized spacial score (nSPS) is 17.2. The maximum absolute atomic E-state index is 12.6. The summed E-state index contributed by atoms with van der Waals surface area (Å²) in [6.07, 6.45) is 9.94. The first kappa shape index (κ1) is 19.9. The second-order valence-electron chi connectivity index (χ2n) is 6.58. The molecule has 0 radical (unpaired) electrons. The first-order chi connectivity index (χ1) is 9.77. The Bertz CT molecular complexity index is 364. The van der Waals surface area contributed by atoms with Crippen molar-refractivity contribution < 1.29 is 4.39 Å². The first-order valence-corrected chi connectivity index (χ1v) is 8.11. The van der Waals surface area contributed by atoms with Gasteiger partial charge in [0.15, 0.2) is 0 Å². The van der Waals surface area contributed by atoms with E-state index in [1.165, 1.54) is 25.3 Å². The van der Waals surface area contributed by atoms with Crippen LogP contribution in [-0.4, -0.2) is 0 Å². The van der Waals surface area contributed by atoms with Gasteiger partial charge in [0.05, 0.1) is 0 Å². The van der Waals surface area contributed by atoms with Gasteiger partial charge in [-0.15, -0.1) is 6.58 Å². The third-order valence-electron chi connectivity index (χ3n) is 4.62. The molecule has 0 N–H and O–H groups in total. The van der Waals surface area contributed by atoms with Gasteiger partial charge in [0, 0.05) is 0 Å². The monoisotopic (exact) mass is 292 g/mol. The Labute approximate surface area is 131 Å². The Morgan fingerprint density at radius 1 is 0.905 bits per heavy atom. The summed E-state index contributed by atoms with van der Waals surface area (Å²) in [6, 6.07) is 0. The van der Waals surface area contributed by atoms with E-state index in [9.17, 15) is 4.39 Å². The van der Waals surface area contributed by atoms with E-state index >= 15 is 0 Å². The largest absolute Gasteiger partial charge is 0.208 e. The quantitative estimate of drug-likeness (QED) is 0.288. The maximum Gasteiger partial charge on any atom is 0.116 e. The lowest BCUT2D eigenvalue weighted by Crippen LogP contribution is -2.11. The molecule has 21 heavy (non-hydrogen) atoms. The number of hydrogen-bond donors (Lipinski definition) is 0. The van der Waals surface area contributed by atoms with Crippen LogP contribution in [0.1, 0.15) is 53.4 Å². The summed E-state index contributed by atoms with van der Waals surface area (Å²) in [5.74, 6) is 2.02. The van der Waals surface area contributed by atoms with Crippen LogP contribution in [0, 0.1) is 23.7 Å². The van der Waals surface area contributed by atoms with Gasteiger partial charge in [0.2, 0.25) is 0 Å². The van der Waals surface area contributed by atoms with Crippen LogP contribution >= 0.6 is 0 Å². The highest BCUT2D eigenvalue weighted by molar-refractivity contribution is 5.22. The fraction of sp³-hybridized carbons (Fsp3) is 0.600. The fourth-order valence-corrected chi connectivity index (χ4v) is 2.27. The Balaban J connectivity index is 4.10. The standard InChI is InChI=1S/C20H33F/c1-8-15(2)9-10-16(3)17(4)11-12-18(5)19(6)13-14-20(7)21/h8,13-18H,1,6-7,9-12H2,2-5H3/b14-13-. The van der Waals surface area contributed by atoms with Gasteiger partial charge in [-0.05, 0) is 55.4 Å². The molecule has 0 bridgehead atoms. The summed E-state index contributed by atoms with van der Waals surface area (Å²) in [5.41, 5.74) is 0.980. The van der Waals surface area contributed by atoms with Gasteiger partial charge in [-0.1, -0.05) is 58.6 Å². The predicted octanol–water partition coefficient (Wildman–Crippen LogP) is 6.87. The molecule has 0 rings (SSSR count). The summed E-state index contributed by atoms with van der Waals surface area (Å²) >= 11 is 0. The Morgan fingerprint density at radius 3 is 1.90 bits per heavy atom. The highest BCUT2D eigenvalue weighted by Gasteiger charge is 2.15. The van der Waals surface area contributed by atoms with Gasteiger partial charge in [0.1, 0.15) is 5.83 Å². The van der Waals surface area contributed by atoms with Crippen molar-refractivity contribution in [1.82, 2.24) is 0 Å². The van der Waals surface area contributed by atoms with E-state index in [4.69, 9.17) is 0 Å². The van der Waals surface area contributed by atoms with Crippen molar-refractivity contribution in [2.75, 3.05) is 0 Å². The van der Waals surface area contributed by atoms with Crippen molar-refractivity contribution in [2.24, 2.45) is 23.7 Å². The van der Waals surface area contributed by atoms with Gasteiger partial charge in [-0.25, -0.2) is 4.39 Å². The van der Waals surface area contributed by atoms with Crippen molar-refractivity contribution in [3.8, 4) is 0 Å². The topological polar surface area (TPSA) is 0 Å². The summed E-state index contributed by atoms with van der Waals surface area (Å²) in [5, 5.41) is 0. The van der Waals surface area contributed by atoms with Gasteiger partial charge < -0.3 is 0 Å². The predicted molar refractivity (Wildman–Crippen MR) is 93.8 cm³/mol. The zero-order valence-electron chi connectivity index (χ0n) is 14.4. The Hall–Kier alpha value is -1.11. The zero-order valence-corrected chi connectivity index (χ0v) is 14.4. The van der Waals surface area contributed by atoms with Crippen LogP contribution in [0.4, 0.5) is 4.39 Å². The average molecular weight is 292 g/mol. The van der Waals surface area contributed by atoms with Crippen molar-refractivity contribution in [3.05, 3.63) is 49.4 Å². The van der Waals surface area contributed by atoms with Gasteiger partial charge in [-0.3, -0.25) is 0 Å². The summed E-state index contributed by atoms with van der Waals surface area (Å²) < 4.78 is 12.6. The van der Waals surface area contributed by atoms with Gasteiger partial charge in [0.25, 0.3) is 0 Å². The molecule has 0 nitrogen and oxygen atoms in total. The SMILES string of the molecule is C=CC(C)CCC(C)C(C)CCC(C)C(=C)/C=C\C(=C)F. The molecule has 4 unspecified atom stereocenters. The number of rotatable bonds is 11. The van der Waals surface area contributed by atoms with Crippen LogP contribution in [0.25, 0.3) is 0 Å². The molecule has 0 aliphatic rings. The molecule has 0 saturated carbocycles. The minimum Gasteiger partial charge on any atom is -0.208 e. The average Bonchev–Trinajstić information content (AvgIpc) is 2.46. The molecule has 0 aliphatic carbocycles. The maximum atomic E-state index is 12.6. The number of hydrogen-bond acceptors (Lipinski definition) is 0. The van der Waals surface area contributed by atoms with Crippen LogP contribution in [0.15, 0.2) is 49.4 Å². The van der Waals surface area contributed by atoms with Gasteiger partial charge >= 0.3 is 0 Å². The van der Waals surface area contributed by atoms with E-state index in [1.807, 2.05) is 6.08 Å². The second-order valence-corrected chi connectivity index (χ2v) is 6.58. The molecular formula is C20H33F. The lowest BCUT2D eigenvalue weighted by Gasteiger charge is -2.22. The van der Waals surface area contributed by atoms with E-state index in [1.54, 1.807) is 6.08 Å². The molecule has 120 valence electrons.